The molecule has 0 bridgehead atoms. The van der Waals surface area contributed by atoms with Crippen LogP contribution in [-0.4, -0.2) is 38.2 Å². The summed E-state index contributed by atoms with van der Waals surface area (Å²) in [4.78, 5) is 0. The minimum atomic E-state index is -4.79. The molecule has 0 saturated heterocycles. The van der Waals surface area contributed by atoms with Crippen LogP contribution in [0.1, 0.15) is 48.8 Å². The number of fused-ring (bicyclic) bond motifs is 1. The third-order valence-electron chi connectivity index (χ3n) is 6.45. The van der Waals surface area contributed by atoms with Crippen LogP contribution in [0.4, 0.5) is 23.4 Å². The molecule has 0 amide bonds. The van der Waals surface area contributed by atoms with Gasteiger partial charge in [-0.1, -0.05) is 0 Å². The molecule has 2 atom stereocenters. The van der Waals surface area contributed by atoms with Gasteiger partial charge in [-0.3, -0.25) is 0 Å². The third-order valence-corrected chi connectivity index (χ3v) is 6.45. The number of hydrogen-bond donors (Lipinski definition) is 3. The fourth-order valence-corrected chi connectivity index (χ4v) is 4.50. The molecule has 1 spiro atoms. The molecule has 2 aromatic rings. The highest BCUT2D eigenvalue weighted by molar-refractivity contribution is 5.74. The molecule has 166 valence electrons. The molecular formula is C21H21F4N3O3. The van der Waals surface area contributed by atoms with Gasteiger partial charge in [0.15, 0.2) is 5.82 Å². The molecule has 6 nitrogen and oxygen atoms in total. The number of nitrogens with one attached hydrogen (secondary N) is 1. The van der Waals surface area contributed by atoms with Crippen molar-refractivity contribution < 1.29 is 32.5 Å². The Labute approximate surface area is 175 Å². The van der Waals surface area contributed by atoms with Crippen LogP contribution in [0.2, 0.25) is 0 Å². The van der Waals surface area contributed by atoms with Gasteiger partial charge in [-0.2, -0.15) is 13.2 Å². The van der Waals surface area contributed by atoms with Crippen molar-refractivity contribution in [3.8, 4) is 17.0 Å². The van der Waals surface area contributed by atoms with E-state index in [-0.39, 0.29) is 23.9 Å². The Balaban J connectivity index is 1.60. The molecule has 3 N–H and O–H groups in total. The second-order valence-corrected chi connectivity index (χ2v) is 8.60. The number of phenols is 1. The summed E-state index contributed by atoms with van der Waals surface area (Å²) in [5.41, 5.74) is -0.813. The first-order valence-corrected chi connectivity index (χ1v) is 10.2. The van der Waals surface area contributed by atoms with E-state index in [0.29, 0.717) is 41.9 Å². The van der Waals surface area contributed by atoms with E-state index in [4.69, 9.17) is 4.74 Å². The molecule has 2 saturated carbocycles. The molecule has 10 heteroatoms. The number of aromatic nitrogens is 2. The van der Waals surface area contributed by atoms with Crippen LogP contribution in [0, 0.1) is 5.82 Å². The highest BCUT2D eigenvalue weighted by atomic mass is 19.4. The van der Waals surface area contributed by atoms with E-state index in [2.05, 4.69) is 15.5 Å². The lowest BCUT2D eigenvalue weighted by atomic mass is 9.92. The van der Waals surface area contributed by atoms with Crippen LogP contribution in [0.5, 0.6) is 5.75 Å². The number of anilines is 1. The summed E-state index contributed by atoms with van der Waals surface area (Å²) in [7, 11) is 0. The minimum Gasteiger partial charge on any atom is -0.507 e. The summed E-state index contributed by atoms with van der Waals surface area (Å²) in [6, 6.07) is 0.660. The van der Waals surface area contributed by atoms with Crippen LogP contribution in [-0.2, 0) is 23.9 Å². The number of aromatic hydroxyl groups is 1. The van der Waals surface area contributed by atoms with Gasteiger partial charge in [-0.15, -0.1) is 10.2 Å². The van der Waals surface area contributed by atoms with Crippen molar-refractivity contribution in [1.82, 2.24) is 10.2 Å². The number of aliphatic hydroxyl groups is 1. The maximum atomic E-state index is 14.8. The second kappa shape index (κ2) is 7.03. The van der Waals surface area contributed by atoms with Crippen molar-refractivity contribution >= 4 is 5.82 Å². The van der Waals surface area contributed by atoms with Gasteiger partial charge < -0.3 is 20.3 Å². The number of nitrogens with zero attached hydrogens (tertiary/aromatic N) is 2. The van der Waals surface area contributed by atoms with E-state index >= 15 is 0 Å². The van der Waals surface area contributed by atoms with E-state index in [9.17, 15) is 27.8 Å². The van der Waals surface area contributed by atoms with Gasteiger partial charge in [0, 0.05) is 12.0 Å². The van der Waals surface area contributed by atoms with Crippen LogP contribution in [0.25, 0.3) is 11.3 Å². The molecule has 31 heavy (non-hydrogen) atoms. The zero-order chi connectivity index (χ0) is 22.0. The molecule has 2 heterocycles. The van der Waals surface area contributed by atoms with Crippen LogP contribution in [0.15, 0.2) is 12.1 Å². The molecule has 2 fully saturated rings. The Hall–Kier alpha value is -2.46. The number of phenolic OH excluding ortho intramolecular Hbond substituents is 1. The first-order valence-electron chi connectivity index (χ1n) is 10.2. The van der Waals surface area contributed by atoms with Gasteiger partial charge in [-0.25, -0.2) is 4.39 Å². The molecule has 0 unspecified atom stereocenters. The van der Waals surface area contributed by atoms with Gasteiger partial charge in [0.05, 0.1) is 35.5 Å². The van der Waals surface area contributed by atoms with E-state index in [1.54, 1.807) is 0 Å². The Bertz CT molecular complexity index is 1020. The van der Waals surface area contributed by atoms with E-state index in [0.717, 1.165) is 25.7 Å². The summed E-state index contributed by atoms with van der Waals surface area (Å²) >= 11 is 0. The number of alkyl halides is 3. The Morgan fingerprint density at radius 3 is 2.52 bits per heavy atom. The summed E-state index contributed by atoms with van der Waals surface area (Å²) < 4.78 is 59.7. The molecule has 1 aliphatic heterocycles. The quantitative estimate of drug-likeness (QED) is 0.628. The summed E-state index contributed by atoms with van der Waals surface area (Å²) in [6.45, 7) is 0.187. The Morgan fingerprint density at radius 1 is 1.13 bits per heavy atom. The number of ether oxygens (including phenoxy) is 1. The van der Waals surface area contributed by atoms with E-state index in [1.165, 1.54) is 0 Å². The number of halogens is 4. The predicted molar refractivity (Wildman–Crippen MR) is 102 cm³/mol. The van der Waals surface area contributed by atoms with Crippen molar-refractivity contribution in [1.29, 1.82) is 0 Å². The average Bonchev–Trinajstić information content (AvgIpc) is 3.32. The van der Waals surface area contributed by atoms with Gasteiger partial charge in [-0.05, 0) is 49.8 Å². The molecular weight excluding hydrogens is 418 g/mol. The SMILES string of the molecule is Oc1cc(C(F)(F)F)cc(F)c1-c1nnc(N[C@@H]2CCC[C@H]2O)c2c1CC1(CC1)OC2. The topological polar surface area (TPSA) is 87.5 Å². The first kappa shape index (κ1) is 20.4. The molecule has 1 aromatic carbocycles. The van der Waals surface area contributed by atoms with Crippen molar-refractivity contribution in [2.75, 3.05) is 5.32 Å². The van der Waals surface area contributed by atoms with Gasteiger partial charge in [0.25, 0.3) is 0 Å². The van der Waals surface area contributed by atoms with E-state index < -0.39 is 35.0 Å². The lowest BCUT2D eigenvalue weighted by molar-refractivity contribution is -0.137. The van der Waals surface area contributed by atoms with Crippen molar-refractivity contribution in [2.45, 2.75) is 69.1 Å². The lowest BCUT2D eigenvalue weighted by Crippen LogP contribution is -2.31. The standard InChI is InChI=1S/C21H21F4N3O3/c22-13-6-10(21(23,24)25)7-16(30)17(13)18-11-8-20(4-5-20)31-9-12(11)19(28-27-18)26-14-2-1-3-15(14)29/h6-7,14-15,29-30H,1-5,8-9H2,(H,26,28)/t14-,15-/m1/s1. The highest BCUT2D eigenvalue weighted by Gasteiger charge is 2.48. The van der Waals surface area contributed by atoms with Crippen molar-refractivity contribution in [3.05, 3.63) is 34.6 Å². The molecule has 3 aliphatic rings. The zero-order valence-corrected chi connectivity index (χ0v) is 16.5. The monoisotopic (exact) mass is 439 g/mol. The molecule has 0 radical (unpaired) electrons. The van der Waals surface area contributed by atoms with Crippen LogP contribution < -0.4 is 5.32 Å². The average molecular weight is 439 g/mol. The summed E-state index contributed by atoms with van der Waals surface area (Å²) in [5.74, 6) is -1.65. The smallest absolute Gasteiger partial charge is 0.416 e. The fourth-order valence-electron chi connectivity index (χ4n) is 4.50. The van der Waals surface area contributed by atoms with Gasteiger partial charge in [0.2, 0.25) is 0 Å². The molecule has 2 aliphatic carbocycles. The molecule has 1 aromatic heterocycles. The Kier molecular flexibility index (Phi) is 4.63. The number of aliphatic hydroxyl groups excluding tert-OH is 1. The second-order valence-electron chi connectivity index (χ2n) is 8.60. The fraction of sp³-hybridized carbons (Fsp3) is 0.524. The number of rotatable bonds is 3. The summed E-state index contributed by atoms with van der Waals surface area (Å²) in [6.07, 6.45) is -0.962. The van der Waals surface area contributed by atoms with Crippen LogP contribution in [0.3, 0.4) is 0 Å². The minimum absolute atomic E-state index is 0.0193. The number of hydrogen-bond acceptors (Lipinski definition) is 6. The zero-order valence-electron chi connectivity index (χ0n) is 16.5. The maximum absolute atomic E-state index is 14.8. The summed E-state index contributed by atoms with van der Waals surface area (Å²) in [5, 5.41) is 31.8. The Morgan fingerprint density at radius 2 is 1.90 bits per heavy atom. The largest absolute Gasteiger partial charge is 0.507 e. The van der Waals surface area contributed by atoms with Crippen LogP contribution >= 0.6 is 0 Å². The normalized spacial score (nSPS) is 24.3. The predicted octanol–water partition coefficient (Wildman–Crippen LogP) is 3.94. The first-order chi connectivity index (χ1) is 14.7. The van der Waals surface area contributed by atoms with E-state index in [1.807, 2.05) is 0 Å². The third kappa shape index (κ3) is 3.61. The van der Waals surface area contributed by atoms with Gasteiger partial charge >= 0.3 is 6.18 Å². The van der Waals surface area contributed by atoms with Crippen molar-refractivity contribution in [2.24, 2.45) is 0 Å². The van der Waals surface area contributed by atoms with Crippen molar-refractivity contribution in [3.63, 3.8) is 0 Å². The highest BCUT2D eigenvalue weighted by Crippen LogP contribution is 2.50. The number of benzene rings is 1. The van der Waals surface area contributed by atoms with Gasteiger partial charge in [0.1, 0.15) is 17.3 Å². The molecule has 5 rings (SSSR count). The lowest BCUT2D eigenvalue weighted by Gasteiger charge is -2.29. The maximum Gasteiger partial charge on any atom is 0.416 e.